The van der Waals surface area contributed by atoms with Gasteiger partial charge in [0.1, 0.15) is 11.2 Å². The van der Waals surface area contributed by atoms with Crippen LogP contribution in [0.3, 0.4) is 0 Å². The van der Waals surface area contributed by atoms with Crippen LogP contribution >= 0.6 is 0 Å². The average molecular weight is 514 g/mol. The third kappa shape index (κ3) is 3.48. The summed E-state index contributed by atoms with van der Waals surface area (Å²) in [5, 5.41) is -0.0262. The molecule has 1 heterocycles. The molecule has 0 radical (unpaired) electrons. The van der Waals surface area contributed by atoms with E-state index in [9.17, 15) is 4.11 Å². The molecule has 0 spiro atoms. The van der Waals surface area contributed by atoms with Gasteiger partial charge in [-0.05, 0) is 79.1 Å². The highest BCUT2D eigenvalue weighted by atomic mass is 16.3. The lowest BCUT2D eigenvalue weighted by Crippen LogP contribution is -1.91. The lowest BCUT2D eigenvalue weighted by Gasteiger charge is -2.18. The number of fused-ring (bicyclic) bond motifs is 5. The predicted molar refractivity (Wildman–Crippen MR) is 165 cm³/mol. The van der Waals surface area contributed by atoms with Crippen LogP contribution in [-0.4, -0.2) is 0 Å². The highest BCUT2D eigenvalue weighted by Gasteiger charge is 2.18. The predicted octanol–water partition coefficient (Wildman–Crippen LogP) is 10.9. The van der Waals surface area contributed by atoms with Gasteiger partial charge in [-0.1, -0.05) is 121 Å². The van der Waals surface area contributed by atoms with Gasteiger partial charge in [0.25, 0.3) is 0 Å². The molecule has 1 nitrogen and oxygen atoms in total. The van der Waals surface area contributed by atoms with Gasteiger partial charge in [-0.2, -0.15) is 0 Å². The number of benzene rings is 7. The largest absolute Gasteiger partial charge is 0.456 e. The molecule has 0 bridgehead atoms. The van der Waals surface area contributed by atoms with E-state index in [2.05, 4.69) is 0 Å². The molecule has 8 rings (SSSR count). The molecule has 0 fully saturated rings. The summed E-state index contributed by atoms with van der Waals surface area (Å²) in [6.07, 6.45) is 0. The second-order valence-corrected chi connectivity index (χ2v) is 8.80. The van der Waals surface area contributed by atoms with E-state index in [1.54, 1.807) is 0 Å². The summed E-state index contributed by atoms with van der Waals surface area (Å²) in [5.41, 5.74) is -0.809. The third-order valence-electron chi connectivity index (χ3n) is 6.66. The van der Waals surface area contributed by atoms with Gasteiger partial charge in [-0.15, -0.1) is 0 Å². The number of para-hydroxylation sites is 1. The minimum atomic E-state index is -0.613. The Hall–Kier alpha value is -5.14. The van der Waals surface area contributed by atoms with Gasteiger partial charge in [0.15, 0.2) is 0 Å². The van der Waals surface area contributed by atoms with Gasteiger partial charge in [0.2, 0.25) is 0 Å². The Balaban J connectivity index is 1.61. The Labute approximate surface area is 250 Å². The molecular formula is C38H24O. The first-order valence-electron chi connectivity index (χ1n) is 20.4. The molecule has 0 saturated carbocycles. The molecule has 1 aromatic heterocycles. The minimum absolute atomic E-state index is 0.00498. The van der Waals surface area contributed by atoms with E-state index in [1.807, 2.05) is 0 Å². The van der Waals surface area contributed by atoms with Gasteiger partial charge in [-0.3, -0.25) is 0 Å². The van der Waals surface area contributed by atoms with Crippen molar-refractivity contribution < 1.29 is 27.7 Å². The van der Waals surface area contributed by atoms with Crippen LogP contribution < -0.4 is 0 Å². The smallest absolute Gasteiger partial charge is 0.135 e. The highest BCUT2D eigenvalue weighted by molar-refractivity contribution is 6.22. The average Bonchev–Trinajstić information content (AvgIpc) is 3.56. The van der Waals surface area contributed by atoms with Crippen LogP contribution in [0.5, 0.6) is 0 Å². The second-order valence-electron chi connectivity index (χ2n) is 8.80. The summed E-state index contributed by atoms with van der Waals surface area (Å²) in [6, 6.07) is 1.63. The monoisotopic (exact) mass is 513 g/mol. The van der Waals surface area contributed by atoms with Gasteiger partial charge >= 0.3 is 0 Å². The van der Waals surface area contributed by atoms with Gasteiger partial charge in [0, 0.05) is 10.8 Å². The molecule has 182 valence electrons. The number of hydrogen-bond donors (Lipinski definition) is 0. The van der Waals surface area contributed by atoms with Crippen molar-refractivity contribution in [1.82, 2.24) is 0 Å². The molecule has 0 saturated heterocycles. The van der Waals surface area contributed by atoms with Crippen molar-refractivity contribution in [2.24, 2.45) is 0 Å². The van der Waals surface area contributed by atoms with Gasteiger partial charge < -0.3 is 4.42 Å². The van der Waals surface area contributed by atoms with Crippen LogP contribution in [-0.2, 0) is 0 Å². The summed E-state index contributed by atoms with van der Waals surface area (Å²) >= 11 is 0. The lowest BCUT2D eigenvalue weighted by atomic mass is 9.85. The van der Waals surface area contributed by atoms with Crippen molar-refractivity contribution in [3.63, 3.8) is 0 Å². The van der Waals surface area contributed by atoms with Gasteiger partial charge in [-0.25, -0.2) is 0 Å². The third-order valence-corrected chi connectivity index (χ3v) is 6.66. The molecule has 0 aliphatic heterocycles. The van der Waals surface area contributed by atoms with Crippen LogP contribution in [0.4, 0.5) is 0 Å². The maximum atomic E-state index is 9.52. The Morgan fingerprint density at radius 1 is 0.359 bits per heavy atom. The van der Waals surface area contributed by atoms with Crippen LogP contribution in [0.1, 0.15) is 23.3 Å². The minimum Gasteiger partial charge on any atom is -0.456 e. The Kier molecular flexibility index (Phi) is 2.44. The topological polar surface area (TPSA) is 13.1 Å². The molecule has 0 aliphatic rings. The Bertz CT molecular complexity index is 3020. The molecule has 0 N–H and O–H groups in total. The van der Waals surface area contributed by atoms with Crippen molar-refractivity contribution in [2.75, 3.05) is 0 Å². The lowest BCUT2D eigenvalue weighted by molar-refractivity contribution is 0.669. The molecule has 0 aliphatic carbocycles. The maximum absolute atomic E-state index is 9.52. The Morgan fingerprint density at radius 3 is 1.62 bits per heavy atom. The first-order chi connectivity index (χ1) is 26.3. The summed E-state index contributed by atoms with van der Waals surface area (Å²) in [7, 11) is 0. The highest BCUT2D eigenvalue weighted by Crippen LogP contribution is 2.45. The standard InChI is InChI=1S/C38H24O/c1-2-11-25(12-3-1)26-13-10-14-27(23-26)37-30-16-4-6-18-32(30)38(33-19-7-5-17-31(33)37)28-21-22-36-34(24-28)29-15-8-9-20-35(29)39-36/h1-24H/i1D,2D,3D,4D,5D,6D,7D,8D,9D,10D,14D,15D,20D,21D,22D,23D,24D. The van der Waals surface area contributed by atoms with Crippen LogP contribution in [0.2, 0.25) is 0 Å². The SMILES string of the molecule is [2H]c1cc2c(-c3c([2H])c([2H])cc(-c4cc([2H])c([2H])c([2H])c4)c3[2H])c3cc([2H])c([2H])cc3c(-c3c([2H])c([2H])c4oc5c([2H])c([2H])c([2H])c([2H])c5c4c3[2H])c2cc1[2H]. The first-order valence-corrected chi connectivity index (χ1v) is 11.9. The summed E-state index contributed by atoms with van der Waals surface area (Å²) in [5.74, 6) is 0. The van der Waals surface area contributed by atoms with E-state index in [0.29, 0.717) is 0 Å². The molecule has 8 aromatic rings. The fraction of sp³-hybridized carbons (Fsp3) is 0. The van der Waals surface area contributed by atoms with E-state index >= 15 is 0 Å². The fourth-order valence-electron chi connectivity index (χ4n) is 4.98. The quantitative estimate of drug-likeness (QED) is 0.214. The van der Waals surface area contributed by atoms with Crippen molar-refractivity contribution in [3.05, 3.63) is 145 Å². The summed E-state index contributed by atoms with van der Waals surface area (Å²) < 4.78 is 153. The molecule has 0 unspecified atom stereocenters. The molecule has 1 heteroatoms. The number of furan rings is 1. The zero-order valence-electron chi connectivity index (χ0n) is 36.9. The van der Waals surface area contributed by atoms with Crippen molar-refractivity contribution in [3.8, 4) is 33.4 Å². The molecule has 7 aromatic carbocycles. The van der Waals surface area contributed by atoms with E-state index in [0.717, 1.165) is 0 Å². The number of hydrogen-bond acceptors (Lipinski definition) is 1. The van der Waals surface area contributed by atoms with Crippen LogP contribution in [0.25, 0.3) is 76.9 Å². The second kappa shape index (κ2) is 8.72. The summed E-state index contributed by atoms with van der Waals surface area (Å²) in [4.78, 5) is 0. The molecular weight excluding hydrogens is 472 g/mol. The van der Waals surface area contributed by atoms with E-state index in [4.69, 9.17) is 23.6 Å². The van der Waals surface area contributed by atoms with E-state index < -0.39 is 48.3 Å². The zero-order chi connectivity index (χ0) is 40.6. The Morgan fingerprint density at radius 2 is 0.923 bits per heavy atom. The van der Waals surface area contributed by atoms with Crippen LogP contribution in [0, 0.1) is 0 Å². The molecule has 39 heavy (non-hydrogen) atoms. The molecule has 0 amide bonds. The molecule has 0 atom stereocenters. The van der Waals surface area contributed by atoms with Gasteiger partial charge in [0.05, 0.1) is 23.3 Å². The van der Waals surface area contributed by atoms with Crippen molar-refractivity contribution in [2.45, 2.75) is 0 Å². The summed E-state index contributed by atoms with van der Waals surface area (Å²) in [6.45, 7) is 0. The van der Waals surface area contributed by atoms with Crippen molar-refractivity contribution in [1.29, 1.82) is 0 Å². The first kappa shape index (κ1) is 10.9. The fourth-order valence-corrected chi connectivity index (χ4v) is 4.98. The zero-order valence-corrected chi connectivity index (χ0v) is 19.9. The van der Waals surface area contributed by atoms with Crippen LogP contribution in [0.15, 0.2) is 150 Å². The van der Waals surface area contributed by atoms with Crippen molar-refractivity contribution >= 4 is 43.5 Å². The van der Waals surface area contributed by atoms with E-state index in [1.165, 1.54) is 42.5 Å². The normalized spacial score (nSPS) is 17.7. The van der Waals surface area contributed by atoms with E-state index in [-0.39, 0.29) is 131 Å². The maximum Gasteiger partial charge on any atom is 0.135 e. The number of rotatable bonds is 3.